The van der Waals surface area contributed by atoms with Crippen LogP contribution >= 0.6 is 0 Å². The summed E-state index contributed by atoms with van der Waals surface area (Å²) >= 11 is 0. The molecule has 6 nitrogen and oxygen atoms in total. The largest absolute Gasteiger partial charge is 0.761 e. The number of nitrogens with one attached hydrogen (secondary N) is 2. The van der Waals surface area contributed by atoms with Gasteiger partial charge < -0.3 is 25.8 Å². The molecule has 1 rings (SSSR count). The van der Waals surface area contributed by atoms with Gasteiger partial charge in [-0.1, -0.05) is 6.07 Å². The number of benzene rings is 1. The molecule has 16 heavy (non-hydrogen) atoms. The molecule has 0 bridgehead atoms. The molecule has 0 heterocycles. The Labute approximate surface area is 92.8 Å². The number of methoxy groups -OCH3 is 1. The third-order valence-electron chi connectivity index (χ3n) is 1.99. The second kappa shape index (κ2) is 5.94. The summed E-state index contributed by atoms with van der Waals surface area (Å²) in [6.45, 7) is 0.135. The first-order chi connectivity index (χ1) is 7.74. The number of hydrogen-bond acceptors (Lipinski definition) is 6. The van der Waals surface area contributed by atoms with Crippen molar-refractivity contribution in [3.05, 3.63) is 29.0 Å². The van der Waals surface area contributed by atoms with Crippen LogP contribution in [0.3, 0.4) is 0 Å². The molecule has 1 aromatic rings. The van der Waals surface area contributed by atoms with Crippen molar-refractivity contribution in [3.8, 4) is 0 Å². The first-order valence-electron chi connectivity index (χ1n) is 4.68. The van der Waals surface area contributed by atoms with Crippen molar-refractivity contribution in [1.82, 2.24) is 0 Å². The van der Waals surface area contributed by atoms with Crippen molar-refractivity contribution in [2.24, 2.45) is 0 Å². The maximum absolute atomic E-state index is 11.4. The Bertz CT molecular complexity index is 368. The van der Waals surface area contributed by atoms with E-state index in [1.54, 1.807) is 11.5 Å². The van der Waals surface area contributed by atoms with Crippen molar-refractivity contribution >= 4 is 17.3 Å². The Kier molecular flexibility index (Phi) is 4.56. The topological polar surface area (TPSA) is 93.7 Å². The molecule has 0 aliphatic carbocycles. The fraction of sp³-hybridized carbons (Fsp3) is 0.300. The van der Waals surface area contributed by atoms with Crippen LogP contribution in [0, 0.1) is 5.21 Å². The number of ether oxygens (including phenoxy) is 1. The van der Waals surface area contributed by atoms with Crippen molar-refractivity contribution in [2.45, 2.75) is 0 Å². The lowest BCUT2D eigenvalue weighted by atomic mass is 10.1. The van der Waals surface area contributed by atoms with Gasteiger partial charge in [-0.2, -0.15) is 0 Å². The van der Waals surface area contributed by atoms with Crippen molar-refractivity contribution in [3.63, 3.8) is 0 Å². The summed E-state index contributed by atoms with van der Waals surface area (Å²) in [6.07, 6.45) is 0. The normalized spacial score (nSPS) is 9.69. The first-order valence-corrected chi connectivity index (χ1v) is 4.68. The highest BCUT2D eigenvalue weighted by atomic mass is 16.5. The second-order valence-electron chi connectivity index (χ2n) is 2.97. The molecule has 88 valence electrons. The Hall–Kier alpha value is -1.79. The highest BCUT2D eigenvalue weighted by Gasteiger charge is 2.13. The molecule has 1 aromatic carbocycles. The number of para-hydroxylation sites is 1. The average Bonchev–Trinajstić information content (AvgIpc) is 2.34. The van der Waals surface area contributed by atoms with E-state index in [0.717, 1.165) is 0 Å². The van der Waals surface area contributed by atoms with Gasteiger partial charge >= 0.3 is 5.97 Å². The van der Waals surface area contributed by atoms with Crippen LogP contribution in [0.1, 0.15) is 10.4 Å². The summed E-state index contributed by atoms with van der Waals surface area (Å²) < 4.78 is 4.59. The minimum Gasteiger partial charge on any atom is -0.761 e. The van der Waals surface area contributed by atoms with E-state index in [9.17, 15) is 10.0 Å². The van der Waals surface area contributed by atoms with Gasteiger partial charge in [-0.25, -0.2) is 4.79 Å². The standard InChI is InChI=1S/C10H13N2O4/c1-16-10(14)7-3-2-4-8(12-15)9(7)11-5-6-13/h2-4,11-13H,5-6H2,1H3/q-1. The number of aliphatic hydroxyl groups is 1. The highest BCUT2D eigenvalue weighted by Crippen LogP contribution is 2.26. The van der Waals surface area contributed by atoms with Gasteiger partial charge in [0.2, 0.25) is 0 Å². The summed E-state index contributed by atoms with van der Waals surface area (Å²) in [7, 11) is 1.26. The number of carbonyl (C=O) groups excluding carboxylic acids is 1. The maximum atomic E-state index is 11.4. The van der Waals surface area contributed by atoms with Crippen molar-refractivity contribution in [1.29, 1.82) is 0 Å². The predicted molar refractivity (Wildman–Crippen MR) is 60.3 cm³/mol. The molecule has 0 amide bonds. The number of esters is 1. The lowest BCUT2D eigenvalue weighted by Crippen LogP contribution is -2.12. The summed E-state index contributed by atoms with van der Waals surface area (Å²) in [5.41, 5.74) is 2.53. The zero-order valence-electron chi connectivity index (χ0n) is 8.82. The van der Waals surface area contributed by atoms with Gasteiger partial charge in [-0.05, 0) is 12.1 Å². The molecule has 0 radical (unpaired) electrons. The van der Waals surface area contributed by atoms with E-state index in [4.69, 9.17) is 5.11 Å². The van der Waals surface area contributed by atoms with Gasteiger partial charge in [0.15, 0.2) is 0 Å². The molecule has 0 saturated heterocycles. The average molecular weight is 225 g/mol. The van der Waals surface area contributed by atoms with Crippen LogP contribution in [0.5, 0.6) is 0 Å². The lowest BCUT2D eigenvalue weighted by molar-refractivity contribution is 0.0602. The molecular formula is C10H13N2O4-. The quantitative estimate of drug-likeness (QED) is 0.506. The van der Waals surface area contributed by atoms with Crippen molar-refractivity contribution in [2.75, 3.05) is 31.1 Å². The summed E-state index contributed by atoms with van der Waals surface area (Å²) in [5, 5.41) is 22.2. The number of hydrogen-bond donors (Lipinski definition) is 3. The fourth-order valence-corrected chi connectivity index (χ4v) is 1.29. The maximum Gasteiger partial charge on any atom is 0.340 e. The SMILES string of the molecule is COC(=O)c1cccc(N[O-])c1NCCO. The van der Waals surface area contributed by atoms with Crippen LogP contribution in [0.15, 0.2) is 18.2 Å². The lowest BCUT2D eigenvalue weighted by Gasteiger charge is -2.18. The van der Waals surface area contributed by atoms with Gasteiger partial charge in [-0.15, -0.1) is 0 Å². The second-order valence-corrected chi connectivity index (χ2v) is 2.97. The third kappa shape index (κ3) is 2.62. The van der Waals surface area contributed by atoms with Crippen LogP contribution in [-0.2, 0) is 4.74 Å². The van der Waals surface area contributed by atoms with E-state index in [0.29, 0.717) is 5.69 Å². The van der Waals surface area contributed by atoms with E-state index in [1.165, 1.54) is 19.2 Å². The zero-order valence-corrected chi connectivity index (χ0v) is 8.82. The predicted octanol–water partition coefficient (Wildman–Crippen LogP) is 0.787. The fourth-order valence-electron chi connectivity index (χ4n) is 1.29. The Morgan fingerprint density at radius 3 is 2.88 bits per heavy atom. The van der Waals surface area contributed by atoms with E-state index in [-0.39, 0.29) is 24.4 Å². The zero-order chi connectivity index (χ0) is 12.0. The molecule has 0 fully saturated rings. The first kappa shape index (κ1) is 12.3. The molecule has 3 N–H and O–H groups in total. The monoisotopic (exact) mass is 225 g/mol. The number of aliphatic hydroxyl groups excluding tert-OH is 1. The Morgan fingerprint density at radius 1 is 1.56 bits per heavy atom. The van der Waals surface area contributed by atoms with Crippen LogP contribution in [0.2, 0.25) is 0 Å². The van der Waals surface area contributed by atoms with Gasteiger partial charge in [0.1, 0.15) is 0 Å². The van der Waals surface area contributed by atoms with E-state index >= 15 is 0 Å². The number of rotatable bonds is 5. The molecule has 0 spiro atoms. The molecule has 0 saturated carbocycles. The molecule has 6 heteroatoms. The third-order valence-corrected chi connectivity index (χ3v) is 1.99. The highest BCUT2D eigenvalue weighted by molar-refractivity contribution is 5.99. The smallest absolute Gasteiger partial charge is 0.340 e. The summed E-state index contributed by atoms with van der Waals surface area (Å²) in [6, 6.07) is 4.63. The molecule has 0 aliphatic heterocycles. The van der Waals surface area contributed by atoms with Crippen LogP contribution < -0.4 is 10.8 Å². The molecule has 0 unspecified atom stereocenters. The van der Waals surface area contributed by atoms with Gasteiger partial charge in [0.25, 0.3) is 0 Å². The van der Waals surface area contributed by atoms with Crippen molar-refractivity contribution < 1.29 is 14.6 Å². The molecular weight excluding hydrogens is 212 g/mol. The van der Waals surface area contributed by atoms with Crippen LogP contribution in [0.25, 0.3) is 0 Å². The minimum atomic E-state index is -0.544. The van der Waals surface area contributed by atoms with Gasteiger partial charge in [0, 0.05) is 12.2 Å². The number of carbonyl (C=O) groups is 1. The Morgan fingerprint density at radius 2 is 2.31 bits per heavy atom. The molecule has 0 aliphatic rings. The number of anilines is 2. The molecule has 0 aromatic heterocycles. The molecule has 0 atom stereocenters. The van der Waals surface area contributed by atoms with Crippen LogP contribution in [-0.4, -0.2) is 31.3 Å². The summed E-state index contributed by atoms with van der Waals surface area (Å²) in [4.78, 5) is 11.4. The summed E-state index contributed by atoms with van der Waals surface area (Å²) in [5.74, 6) is -0.544. The van der Waals surface area contributed by atoms with Gasteiger partial charge in [-0.3, -0.25) is 0 Å². The van der Waals surface area contributed by atoms with E-state index in [1.807, 2.05) is 0 Å². The van der Waals surface area contributed by atoms with Gasteiger partial charge in [0.05, 0.1) is 25.0 Å². The van der Waals surface area contributed by atoms with E-state index in [2.05, 4.69) is 10.1 Å². The Balaban J connectivity index is 3.09. The van der Waals surface area contributed by atoms with E-state index < -0.39 is 5.97 Å². The minimum absolute atomic E-state index is 0.103. The van der Waals surface area contributed by atoms with Crippen LogP contribution in [0.4, 0.5) is 11.4 Å².